The van der Waals surface area contributed by atoms with Crippen molar-refractivity contribution in [2.75, 3.05) is 0 Å². The molecule has 94 valence electrons. The summed E-state index contributed by atoms with van der Waals surface area (Å²) in [6, 6.07) is 8.33. The molecule has 17 heavy (non-hydrogen) atoms. The molecular formula is C15H23NO. The minimum absolute atomic E-state index is 0.110. The molecule has 1 aliphatic rings. The Kier molecular flexibility index (Phi) is 2.94. The van der Waals surface area contributed by atoms with Crippen LogP contribution < -0.4 is 10.5 Å². The largest absolute Gasteiger partial charge is 0.491 e. The van der Waals surface area contributed by atoms with Crippen molar-refractivity contribution in [1.82, 2.24) is 0 Å². The summed E-state index contributed by atoms with van der Waals surface area (Å²) in [5.74, 6) is 0.999. The fourth-order valence-corrected chi connectivity index (χ4v) is 2.60. The van der Waals surface area contributed by atoms with Crippen LogP contribution in [0.1, 0.15) is 46.1 Å². The first-order chi connectivity index (χ1) is 7.87. The number of nitrogens with two attached hydrogens (primary N) is 1. The molecule has 1 aromatic rings. The zero-order chi connectivity index (χ0) is 12.7. The first-order valence-corrected chi connectivity index (χ1v) is 6.42. The summed E-state index contributed by atoms with van der Waals surface area (Å²) in [4.78, 5) is 0. The highest BCUT2D eigenvalue weighted by Crippen LogP contribution is 2.57. The van der Waals surface area contributed by atoms with Gasteiger partial charge < -0.3 is 10.5 Å². The predicted octanol–water partition coefficient (Wildman–Crippen LogP) is 3.24. The molecule has 2 rings (SSSR count). The predicted molar refractivity (Wildman–Crippen MR) is 71.4 cm³/mol. The van der Waals surface area contributed by atoms with Gasteiger partial charge in [0.05, 0.1) is 6.10 Å². The van der Waals surface area contributed by atoms with Crippen molar-refractivity contribution in [2.45, 2.75) is 57.6 Å². The second-order valence-corrected chi connectivity index (χ2v) is 5.97. The van der Waals surface area contributed by atoms with Crippen LogP contribution in [-0.2, 0) is 5.41 Å². The minimum Gasteiger partial charge on any atom is -0.491 e. The highest BCUT2D eigenvalue weighted by molar-refractivity contribution is 5.46. The van der Waals surface area contributed by atoms with Crippen molar-refractivity contribution >= 4 is 0 Å². The third-order valence-electron chi connectivity index (χ3n) is 3.75. The monoisotopic (exact) mass is 233 g/mol. The normalized spacial score (nSPS) is 18.2. The van der Waals surface area contributed by atoms with E-state index in [1.165, 1.54) is 5.56 Å². The maximum Gasteiger partial charge on any atom is 0.123 e. The van der Waals surface area contributed by atoms with Crippen molar-refractivity contribution in [1.29, 1.82) is 0 Å². The van der Waals surface area contributed by atoms with Gasteiger partial charge in [-0.15, -0.1) is 0 Å². The number of benzene rings is 1. The van der Waals surface area contributed by atoms with E-state index in [9.17, 15) is 0 Å². The Balaban J connectivity index is 2.39. The molecule has 0 spiro atoms. The SMILES string of the molecule is CC(C)Oc1ccccc1C1(C(C)(C)N)CC1. The summed E-state index contributed by atoms with van der Waals surface area (Å²) in [5.41, 5.74) is 7.55. The van der Waals surface area contributed by atoms with Crippen LogP contribution in [0.4, 0.5) is 0 Å². The van der Waals surface area contributed by atoms with Gasteiger partial charge in [-0.2, -0.15) is 0 Å². The summed E-state index contributed by atoms with van der Waals surface area (Å²) >= 11 is 0. The van der Waals surface area contributed by atoms with Gasteiger partial charge in [-0.3, -0.25) is 0 Å². The molecule has 0 atom stereocenters. The molecule has 0 unspecified atom stereocenters. The molecule has 1 saturated carbocycles. The molecule has 2 nitrogen and oxygen atoms in total. The Morgan fingerprint density at radius 1 is 1.24 bits per heavy atom. The molecule has 1 aliphatic carbocycles. The summed E-state index contributed by atoms with van der Waals surface area (Å²) in [7, 11) is 0. The number of hydrogen-bond acceptors (Lipinski definition) is 2. The van der Waals surface area contributed by atoms with E-state index in [4.69, 9.17) is 10.5 Å². The summed E-state index contributed by atoms with van der Waals surface area (Å²) in [6.07, 6.45) is 2.53. The zero-order valence-corrected chi connectivity index (χ0v) is 11.3. The molecule has 0 heterocycles. The topological polar surface area (TPSA) is 35.2 Å². The lowest BCUT2D eigenvalue weighted by Gasteiger charge is -2.32. The van der Waals surface area contributed by atoms with Gasteiger partial charge in [-0.05, 0) is 46.6 Å². The lowest BCUT2D eigenvalue weighted by atomic mass is 9.79. The number of hydrogen-bond donors (Lipinski definition) is 1. The molecule has 0 saturated heterocycles. The van der Waals surface area contributed by atoms with Gasteiger partial charge in [-0.25, -0.2) is 0 Å². The molecule has 0 aliphatic heterocycles. The Morgan fingerprint density at radius 3 is 2.29 bits per heavy atom. The highest BCUT2D eigenvalue weighted by atomic mass is 16.5. The summed E-state index contributed by atoms with van der Waals surface area (Å²) in [6.45, 7) is 8.35. The highest BCUT2D eigenvalue weighted by Gasteiger charge is 2.55. The van der Waals surface area contributed by atoms with Crippen LogP contribution in [0, 0.1) is 0 Å². The smallest absolute Gasteiger partial charge is 0.123 e. The van der Waals surface area contributed by atoms with E-state index in [-0.39, 0.29) is 17.1 Å². The van der Waals surface area contributed by atoms with E-state index in [1.807, 2.05) is 6.07 Å². The molecular weight excluding hydrogens is 210 g/mol. The van der Waals surface area contributed by atoms with Gasteiger partial charge in [0.2, 0.25) is 0 Å². The molecule has 0 aromatic heterocycles. The third kappa shape index (κ3) is 2.19. The first-order valence-electron chi connectivity index (χ1n) is 6.42. The van der Waals surface area contributed by atoms with Crippen LogP contribution in [0.25, 0.3) is 0 Å². The van der Waals surface area contributed by atoms with E-state index in [0.717, 1.165) is 18.6 Å². The Bertz CT molecular complexity index is 400. The van der Waals surface area contributed by atoms with E-state index in [0.29, 0.717) is 0 Å². The molecule has 1 fully saturated rings. The van der Waals surface area contributed by atoms with Gasteiger partial charge in [0.15, 0.2) is 0 Å². The quantitative estimate of drug-likeness (QED) is 0.866. The fraction of sp³-hybridized carbons (Fsp3) is 0.600. The van der Waals surface area contributed by atoms with Gasteiger partial charge in [0, 0.05) is 16.5 Å². The Hall–Kier alpha value is -1.02. The fourth-order valence-electron chi connectivity index (χ4n) is 2.60. The van der Waals surface area contributed by atoms with Crippen molar-refractivity contribution in [3.05, 3.63) is 29.8 Å². The van der Waals surface area contributed by atoms with Crippen molar-refractivity contribution in [3.63, 3.8) is 0 Å². The lowest BCUT2D eigenvalue weighted by molar-refractivity contribution is 0.234. The summed E-state index contributed by atoms with van der Waals surface area (Å²) in [5, 5.41) is 0. The number of para-hydroxylation sites is 1. The Labute approximate surface area is 104 Å². The maximum absolute atomic E-state index is 6.35. The van der Waals surface area contributed by atoms with Crippen molar-refractivity contribution in [2.24, 2.45) is 5.73 Å². The second-order valence-electron chi connectivity index (χ2n) is 5.97. The van der Waals surface area contributed by atoms with Crippen LogP contribution in [0.3, 0.4) is 0 Å². The third-order valence-corrected chi connectivity index (χ3v) is 3.75. The molecule has 2 heteroatoms. The Morgan fingerprint density at radius 2 is 1.82 bits per heavy atom. The lowest BCUT2D eigenvalue weighted by Crippen LogP contribution is -2.45. The minimum atomic E-state index is -0.191. The standard InChI is InChI=1S/C15H23NO/c1-11(2)17-13-8-6-5-7-12(13)15(9-10-15)14(3,4)16/h5-8,11H,9-10,16H2,1-4H3. The van der Waals surface area contributed by atoms with Gasteiger partial charge in [0.25, 0.3) is 0 Å². The van der Waals surface area contributed by atoms with Gasteiger partial charge >= 0.3 is 0 Å². The van der Waals surface area contributed by atoms with Crippen LogP contribution >= 0.6 is 0 Å². The second kappa shape index (κ2) is 4.02. The van der Waals surface area contributed by atoms with Gasteiger partial charge in [-0.1, -0.05) is 18.2 Å². The van der Waals surface area contributed by atoms with E-state index in [2.05, 4.69) is 45.9 Å². The average molecular weight is 233 g/mol. The number of rotatable bonds is 4. The van der Waals surface area contributed by atoms with Crippen LogP contribution in [0.15, 0.2) is 24.3 Å². The van der Waals surface area contributed by atoms with Crippen LogP contribution in [0.2, 0.25) is 0 Å². The van der Waals surface area contributed by atoms with Crippen LogP contribution in [-0.4, -0.2) is 11.6 Å². The molecule has 0 bridgehead atoms. The van der Waals surface area contributed by atoms with Gasteiger partial charge in [0.1, 0.15) is 5.75 Å². The molecule has 0 radical (unpaired) electrons. The van der Waals surface area contributed by atoms with E-state index >= 15 is 0 Å². The average Bonchev–Trinajstić information content (AvgIpc) is 2.97. The molecule has 2 N–H and O–H groups in total. The number of ether oxygens (including phenoxy) is 1. The molecule has 0 amide bonds. The van der Waals surface area contributed by atoms with Crippen molar-refractivity contribution in [3.8, 4) is 5.75 Å². The van der Waals surface area contributed by atoms with E-state index in [1.54, 1.807) is 0 Å². The zero-order valence-electron chi connectivity index (χ0n) is 11.3. The summed E-state index contributed by atoms with van der Waals surface area (Å²) < 4.78 is 5.91. The van der Waals surface area contributed by atoms with Crippen LogP contribution in [0.5, 0.6) is 5.75 Å². The maximum atomic E-state index is 6.35. The van der Waals surface area contributed by atoms with Crippen molar-refractivity contribution < 1.29 is 4.74 Å². The molecule has 1 aromatic carbocycles. The van der Waals surface area contributed by atoms with E-state index < -0.39 is 0 Å². The first kappa shape index (κ1) is 12.4.